The van der Waals surface area contributed by atoms with Crippen LogP contribution in [0.2, 0.25) is 0 Å². The van der Waals surface area contributed by atoms with Crippen molar-refractivity contribution in [3.8, 4) is 0 Å². The molecule has 0 bridgehead atoms. The number of rotatable bonds is 5. The summed E-state index contributed by atoms with van der Waals surface area (Å²) in [6.45, 7) is 6.69. The predicted octanol–water partition coefficient (Wildman–Crippen LogP) is 1.63. The fraction of sp³-hybridized carbons (Fsp3) is 0.875. The van der Waals surface area contributed by atoms with E-state index in [1.807, 2.05) is 14.0 Å². The van der Waals surface area contributed by atoms with Crippen LogP contribution in [0.4, 0.5) is 0 Å². The van der Waals surface area contributed by atoms with Gasteiger partial charge >= 0.3 is 0 Å². The van der Waals surface area contributed by atoms with Crippen molar-refractivity contribution < 1.29 is 4.55 Å². The van der Waals surface area contributed by atoms with Gasteiger partial charge in [0.2, 0.25) is 0 Å². The highest BCUT2D eigenvalue weighted by atomic mass is 32.2. The molecule has 1 unspecified atom stereocenters. The van der Waals surface area contributed by atoms with Gasteiger partial charge in [0.15, 0.2) is 0 Å². The molecule has 0 spiro atoms. The second-order valence-corrected chi connectivity index (χ2v) is 5.39. The van der Waals surface area contributed by atoms with E-state index in [0.29, 0.717) is 18.2 Å². The summed E-state index contributed by atoms with van der Waals surface area (Å²) in [4.78, 5) is 0.972. The standard InChI is InChI=1S/C8H17NOS2/c1-5-12(10)9(4)6-8(11)7(2)3/h7H,5-6H2,1-4H3. The monoisotopic (exact) mass is 207 g/mol. The van der Waals surface area contributed by atoms with E-state index in [2.05, 4.69) is 13.8 Å². The predicted molar refractivity (Wildman–Crippen MR) is 58.7 cm³/mol. The Kier molecular flexibility index (Phi) is 6.09. The van der Waals surface area contributed by atoms with Crippen molar-refractivity contribution in [2.75, 3.05) is 19.3 Å². The largest absolute Gasteiger partial charge is 0.598 e. The fourth-order valence-corrected chi connectivity index (χ4v) is 1.69. The maximum absolute atomic E-state index is 11.2. The summed E-state index contributed by atoms with van der Waals surface area (Å²) in [5, 5.41) is 0. The van der Waals surface area contributed by atoms with Crippen LogP contribution in [0.5, 0.6) is 0 Å². The van der Waals surface area contributed by atoms with Crippen LogP contribution in [0.3, 0.4) is 0 Å². The fourth-order valence-electron chi connectivity index (χ4n) is 0.694. The van der Waals surface area contributed by atoms with Gasteiger partial charge in [0.25, 0.3) is 0 Å². The molecule has 0 aliphatic rings. The average molecular weight is 207 g/mol. The van der Waals surface area contributed by atoms with Gasteiger partial charge in [-0.05, 0) is 12.8 Å². The van der Waals surface area contributed by atoms with Crippen molar-refractivity contribution in [2.24, 2.45) is 5.92 Å². The molecule has 0 aliphatic carbocycles. The first kappa shape index (κ1) is 12.4. The molecular formula is C8H17NOS2. The molecule has 0 amide bonds. The summed E-state index contributed by atoms with van der Waals surface area (Å²) in [6, 6.07) is 0. The van der Waals surface area contributed by atoms with Crippen LogP contribution in [0, 0.1) is 5.92 Å². The lowest BCUT2D eigenvalue weighted by Crippen LogP contribution is -2.34. The lowest BCUT2D eigenvalue weighted by atomic mass is 10.1. The number of thiocarbonyl (C=S) groups is 1. The SMILES string of the molecule is CC[S+]([O-])N(C)CC(=S)C(C)C. The summed E-state index contributed by atoms with van der Waals surface area (Å²) in [5.41, 5.74) is 0. The molecule has 72 valence electrons. The van der Waals surface area contributed by atoms with Gasteiger partial charge in [-0.3, -0.25) is 0 Å². The Labute approximate surface area is 83.6 Å². The molecule has 0 heterocycles. The van der Waals surface area contributed by atoms with Crippen LogP contribution >= 0.6 is 12.2 Å². The third-order valence-corrected chi connectivity index (χ3v) is 3.54. The van der Waals surface area contributed by atoms with Crippen molar-refractivity contribution in [1.29, 1.82) is 0 Å². The lowest BCUT2D eigenvalue weighted by Gasteiger charge is -2.20. The van der Waals surface area contributed by atoms with Crippen molar-refractivity contribution >= 4 is 28.4 Å². The lowest BCUT2D eigenvalue weighted by molar-refractivity contribution is 0.504. The topological polar surface area (TPSA) is 26.3 Å². The van der Waals surface area contributed by atoms with Gasteiger partial charge in [0, 0.05) is 23.3 Å². The number of nitrogens with zero attached hydrogens (tertiary/aromatic N) is 1. The Balaban J connectivity index is 3.83. The first-order valence-electron chi connectivity index (χ1n) is 4.11. The first-order valence-corrected chi connectivity index (χ1v) is 5.79. The quantitative estimate of drug-likeness (QED) is 0.506. The molecule has 0 saturated carbocycles. The van der Waals surface area contributed by atoms with E-state index in [9.17, 15) is 4.55 Å². The second kappa shape index (κ2) is 5.91. The maximum atomic E-state index is 11.2. The molecule has 0 saturated heterocycles. The second-order valence-electron chi connectivity index (χ2n) is 3.02. The van der Waals surface area contributed by atoms with Gasteiger partial charge in [-0.2, -0.15) is 0 Å². The summed E-state index contributed by atoms with van der Waals surface area (Å²) in [7, 11) is 1.84. The molecule has 2 nitrogen and oxygen atoms in total. The number of hydrogen-bond acceptors (Lipinski definition) is 3. The van der Waals surface area contributed by atoms with E-state index in [0.717, 1.165) is 4.86 Å². The summed E-state index contributed by atoms with van der Waals surface area (Å²) >= 11 is 4.28. The molecule has 12 heavy (non-hydrogen) atoms. The van der Waals surface area contributed by atoms with Crippen molar-refractivity contribution in [3.05, 3.63) is 0 Å². The Bertz CT molecular complexity index is 150. The minimum Gasteiger partial charge on any atom is -0.598 e. The highest BCUT2D eigenvalue weighted by molar-refractivity contribution is 7.89. The van der Waals surface area contributed by atoms with Gasteiger partial charge in [0.1, 0.15) is 5.75 Å². The molecule has 0 N–H and O–H groups in total. The zero-order valence-corrected chi connectivity index (χ0v) is 9.80. The van der Waals surface area contributed by atoms with Crippen molar-refractivity contribution in [1.82, 2.24) is 4.31 Å². The van der Waals surface area contributed by atoms with Crippen molar-refractivity contribution in [3.63, 3.8) is 0 Å². The molecule has 0 rings (SSSR count). The molecular weight excluding hydrogens is 190 g/mol. The zero-order valence-electron chi connectivity index (χ0n) is 8.16. The van der Waals surface area contributed by atoms with E-state index >= 15 is 0 Å². The van der Waals surface area contributed by atoms with Crippen LogP contribution in [-0.2, 0) is 11.4 Å². The van der Waals surface area contributed by atoms with Gasteiger partial charge in [-0.15, -0.1) is 4.31 Å². The molecule has 0 aromatic heterocycles. The third-order valence-electron chi connectivity index (χ3n) is 1.62. The first-order chi connectivity index (χ1) is 5.49. The van der Waals surface area contributed by atoms with Crippen LogP contribution in [0.15, 0.2) is 0 Å². The highest BCUT2D eigenvalue weighted by Crippen LogP contribution is 2.03. The number of hydrogen-bond donors (Lipinski definition) is 0. The van der Waals surface area contributed by atoms with Crippen molar-refractivity contribution in [2.45, 2.75) is 20.8 Å². The summed E-state index contributed by atoms with van der Waals surface area (Å²) in [6.07, 6.45) is 0. The molecule has 0 fully saturated rings. The van der Waals surface area contributed by atoms with E-state index in [1.54, 1.807) is 4.31 Å². The summed E-state index contributed by atoms with van der Waals surface area (Å²) < 4.78 is 13.0. The Morgan fingerprint density at radius 3 is 2.42 bits per heavy atom. The highest BCUT2D eigenvalue weighted by Gasteiger charge is 2.14. The van der Waals surface area contributed by atoms with E-state index in [-0.39, 0.29) is 0 Å². The molecule has 4 heteroatoms. The van der Waals surface area contributed by atoms with Gasteiger partial charge in [-0.1, -0.05) is 26.1 Å². The zero-order chi connectivity index (χ0) is 9.72. The molecule has 0 radical (unpaired) electrons. The Hall–Kier alpha value is 0.360. The third kappa shape index (κ3) is 4.40. The minimum absolute atomic E-state index is 0.399. The minimum atomic E-state index is -0.863. The van der Waals surface area contributed by atoms with E-state index in [4.69, 9.17) is 12.2 Å². The molecule has 0 aromatic carbocycles. The van der Waals surface area contributed by atoms with Crippen LogP contribution in [0.25, 0.3) is 0 Å². The van der Waals surface area contributed by atoms with E-state index < -0.39 is 11.4 Å². The molecule has 1 atom stereocenters. The van der Waals surface area contributed by atoms with Crippen LogP contribution in [-0.4, -0.2) is 33.1 Å². The maximum Gasteiger partial charge on any atom is 0.123 e. The van der Waals surface area contributed by atoms with Crippen LogP contribution < -0.4 is 0 Å². The summed E-state index contributed by atoms with van der Waals surface area (Å²) in [5.74, 6) is 1.06. The normalized spacial score (nSPS) is 13.9. The van der Waals surface area contributed by atoms with E-state index in [1.165, 1.54) is 0 Å². The molecule has 0 aliphatic heterocycles. The average Bonchev–Trinajstić information content (AvgIpc) is 2.02. The van der Waals surface area contributed by atoms with Gasteiger partial charge in [-0.25, -0.2) is 0 Å². The van der Waals surface area contributed by atoms with Crippen LogP contribution in [0.1, 0.15) is 20.8 Å². The smallest absolute Gasteiger partial charge is 0.123 e. The molecule has 0 aromatic rings. The Morgan fingerprint density at radius 2 is 2.08 bits per heavy atom. The van der Waals surface area contributed by atoms with Gasteiger partial charge in [0.05, 0.1) is 6.54 Å². The Morgan fingerprint density at radius 1 is 1.58 bits per heavy atom. The van der Waals surface area contributed by atoms with Gasteiger partial charge < -0.3 is 4.55 Å².